The van der Waals surface area contributed by atoms with Crippen molar-refractivity contribution < 1.29 is 4.39 Å². The Hall–Kier alpha value is -1.41. The maximum atomic E-state index is 12.9. The van der Waals surface area contributed by atoms with E-state index in [1.54, 1.807) is 6.07 Å². The molecule has 2 aromatic carbocycles. The third-order valence-electron chi connectivity index (χ3n) is 2.35. The molecular formula is C12H12FN. The van der Waals surface area contributed by atoms with Crippen LogP contribution in [-0.4, -0.2) is 0 Å². The molecule has 0 aliphatic rings. The van der Waals surface area contributed by atoms with Crippen LogP contribution in [0.5, 0.6) is 0 Å². The van der Waals surface area contributed by atoms with Crippen molar-refractivity contribution in [2.75, 3.05) is 0 Å². The molecule has 1 nitrogen and oxygen atoms in total. The van der Waals surface area contributed by atoms with E-state index < -0.39 is 0 Å². The highest BCUT2D eigenvalue weighted by atomic mass is 19.1. The molecule has 1 unspecified atom stereocenters. The summed E-state index contributed by atoms with van der Waals surface area (Å²) in [6, 6.07) is 10.6. The summed E-state index contributed by atoms with van der Waals surface area (Å²) in [5.41, 5.74) is 6.78. The van der Waals surface area contributed by atoms with Crippen LogP contribution in [0, 0.1) is 5.82 Å². The smallest absolute Gasteiger partial charge is 0.123 e. The summed E-state index contributed by atoms with van der Waals surface area (Å²) in [6.45, 7) is 1.92. The first kappa shape index (κ1) is 9.16. The van der Waals surface area contributed by atoms with Gasteiger partial charge in [0.1, 0.15) is 5.82 Å². The molecule has 0 aliphatic carbocycles. The molecule has 72 valence electrons. The summed E-state index contributed by atoms with van der Waals surface area (Å²) in [5, 5.41) is 1.94. The third kappa shape index (κ3) is 1.61. The molecular weight excluding hydrogens is 177 g/mol. The molecule has 2 heteroatoms. The van der Waals surface area contributed by atoms with Gasteiger partial charge in [-0.3, -0.25) is 0 Å². The van der Waals surface area contributed by atoms with Crippen LogP contribution in [0.3, 0.4) is 0 Å². The first-order valence-electron chi connectivity index (χ1n) is 4.61. The molecule has 1 atom stereocenters. The average molecular weight is 189 g/mol. The van der Waals surface area contributed by atoms with Gasteiger partial charge in [0.25, 0.3) is 0 Å². The summed E-state index contributed by atoms with van der Waals surface area (Å²) < 4.78 is 12.9. The minimum absolute atomic E-state index is 0.0114. The van der Waals surface area contributed by atoms with Gasteiger partial charge in [-0.2, -0.15) is 0 Å². The fourth-order valence-corrected chi connectivity index (χ4v) is 1.52. The standard InChI is InChI=1S/C12H12FN/c1-8(14)10-3-2-9-4-5-12(13)7-11(9)6-10/h2-8H,14H2,1H3. The van der Waals surface area contributed by atoms with Crippen LogP contribution in [0.15, 0.2) is 36.4 Å². The number of nitrogens with two attached hydrogens (primary N) is 1. The molecule has 0 saturated heterocycles. The Balaban J connectivity index is 2.63. The van der Waals surface area contributed by atoms with Gasteiger partial charge in [-0.25, -0.2) is 4.39 Å². The highest BCUT2D eigenvalue weighted by molar-refractivity contribution is 5.83. The molecule has 2 aromatic rings. The fraction of sp³-hybridized carbons (Fsp3) is 0.167. The maximum Gasteiger partial charge on any atom is 0.123 e. The van der Waals surface area contributed by atoms with E-state index in [-0.39, 0.29) is 11.9 Å². The summed E-state index contributed by atoms with van der Waals surface area (Å²) in [5.74, 6) is -0.209. The van der Waals surface area contributed by atoms with Crippen molar-refractivity contribution in [3.05, 3.63) is 47.8 Å². The molecule has 0 heterocycles. The topological polar surface area (TPSA) is 26.0 Å². The predicted octanol–water partition coefficient (Wildman–Crippen LogP) is 3.00. The molecule has 0 spiro atoms. The normalized spacial score (nSPS) is 13.1. The van der Waals surface area contributed by atoms with Crippen LogP contribution in [0.1, 0.15) is 18.5 Å². The average Bonchev–Trinajstić information content (AvgIpc) is 2.16. The van der Waals surface area contributed by atoms with Crippen molar-refractivity contribution in [3.63, 3.8) is 0 Å². The zero-order valence-corrected chi connectivity index (χ0v) is 8.00. The second kappa shape index (κ2) is 3.39. The molecule has 0 bridgehead atoms. The summed E-state index contributed by atoms with van der Waals surface area (Å²) >= 11 is 0. The predicted molar refractivity (Wildman–Crippen MR) is 56.5 cm³/mol. The highest BCUT2D eigenvalue weighted by Crippen LogP contribution is 2.20. The summed E-state index contributed by atoms with van der Waals surface area (Å²) in [4.78, 5) is 0. The lowest BCUT2D eigenvalue weighted by Gasteiger charge is -2.06. The van der Waals surface area contributed by atoms with Crippen LogP contribution in [0.4, 0.5) is 4.39 Å². The van der Waals surface area contributed by atoms with Crippen LogP contribution < -0.4 is 5.73 Å². The Bertz CT molecular complexity index is 463. The van der Waals surface area contributed by atoms with E-state index in [9.17, 15) is 4.39 Å². The molecule has 14 heavy (non-hydrogen) atoms. The zero-order chi connectivity index (χ0) is 10.1. The van der Waals surface area contributed by atoms with Crippen molar-refractivity contribution in [3.8, 4) is 0 Å². The molecule has 0 aliphatic heterocycles. The molecule has 2 N–H and O–H groups in total. The quantitative estimate of drug-likeness (QED) is 0.733. The molecule has 0 radical (unpaired) electrons. The lowest BCUT2D eigenvalue weighted by Crippen LogP contribution is -2.04. The second-order valence-corrected chi connectivity index (χ2v) is 3.54. The van der Waals surface area contributed by atoms with E-state index in [0.717, 1.165) is 16.3 Å². The lowest BCUT2D eigenvalue weighted by molar-refractivity contribution is 0.629. The lowest BCUT2D eigenvalue weighted by atomic mass is 10.0. The van der Waals surface area contributed by atoms with Gasteiger partial charge in [-0.1, -0.05) is 18.2 Å². The Labute approximate surface area is 82.3 Å². The number of benzene rings is 2. The summed E-state index contributed by atoms with van der Waals surface area (Å²) in [6.07, 6.45) is 0. The van der Waals surface area contributed by atoms with Gasteiger partial charge in [0, 0.05) is 6.04 Å². The first-order valence-corrected chi connectivity index (χ1v) is 4.61. The van der Waals surface area contributed by atoms with E-state index >= 15 is 0 Å². The van der Waals surface area contributed by atoms with Gasteiger partial charge in [0.15, 0.2) is 0 Å². The summed E-state index contributed by atoms with van der Waals surface area (Å²) in [7, 11) is 0. The van der Waals surface area contributed by atoms with E-state index in [2.05, 4.69) is 0 Å². The molecule has 0 aromatic heterocycles. The van der Waals surface area contributed by atoms with Gasteiger partial charge >= 0.3 is 0 Å². The highest BCUT2D eigenvalue weighted by Gasteiger charge is 2.01. The second-order valence-electron chi connectivity index (χ2n) is 3.54. The Morgan fingerprint density at radius 3 is 2.50 bits per heavy atom. The van der Waals surface area contributed by atoms with Gasteiger partial charge in [-0.05, 0) is 41.5 Å². The molecule has 2 rings (SSSR count). The van der Waals surface area contributed by atoms with Crippen molar-refractivity contribution in [1.29, 1.82) is 0 Å². The number of hydrogen-bond donors (Lipinski definition) is 1. The van der Waals surface area contributed by atoms with Gasteiger partial charge < -0.3 is 5.73 Å². The molecule has 0 saturated carbocycles. The van der Waals surface area contributed by atoms with E-state index in [1.165, 1.54) is 12.1 Å². The van der Waals surface area contributed by atoms with Crippen LogP contribution in [0.2, 0.25) is 0 Å². The SMILES string of the molecule is CC(N)c1ccc2ccc(F)cc2c1. The Morgan fingerprint density at radius 1 is 1.07 bits per heavy atom. The van der Waals surface area contributed by atoms with Crippen LogP contribution in [0.25, 0.3) is 10.8 Å². The zero-order valence-electron chi connectivity index (χ0n) is 8.00. The number of fused-ring (bicyclic) bond motifs is 1. The minimum atomic E-state index is -0.209. The number of halogens is 1. The Morgan fingerprint density at radius 2 is 1.79 bits per heavy atom. The number of rotatable bonds is 1. The maximum absolute atomic E-state index is 12.9. The molecule has 0 fully saturated rings. The number of hydrogen-bond acceptors (Lipinski definition) is 1. The monoisotopic (exact) mass is 189 g/mol. The first-order chi connectivity index (χ1) is 6.66. The van der Waals surface area contributed by atoms with Crippen molar-refractivity contribution in [2.24, 2.45) is 5.73 Å². The van der Waals surface area contributed by atoms with Crippen LogP contribution >= 0.6 is 0 Å². The van der Waals surface area contributed by atoms with Crippen molar-refractivity contribution in [1.82, 2.24) is 0 Å². The minimum Gasteiger partial charge on any atom is -0.324 e. The van der Waals surface area contributed by atoms with E-state index in [1.807, 2.05) is 25.1 Å². The van der Waals surface area contributed by atoms with Gasteiger partial charge in [0.2, 0.25) is 0 Å². The Kier molecular flexibility index (Phi) is 2.22. The van der Waals surface area contributed by atoms with E-state index in [4.69, 9.17) is 5.73 Å². The van der Waals surface area contributed by atoms with Crippen LogP contribution in [-0.2, 0) is 0 Å². The van der Waals surface area contributed by atoms with Gasteiger partial charge in [0.05, 0.1) is 0 Å². The third-order valence-corrected chi connectivity index (χ3v) is 2.35. The van der Waals surface area contributed by atoms with Crippen molar-refractivity contribution >= 4 is 10.8 Å². The fourth-order valence-electron chi connectivity index (χ4n) is 1.52. The van der Waals surface area contributed by atoms with E-state index in [0.29, 0.717) is 0 Å². The van der Waals surface area contributed by atoms with Gasteiger partial charge in [-0.15, -0.1) is 0 Å². The molecule has 0 amide bonds. The van der Waals surface area contributed by atoms with Crippen molar-refractivity contribution in [2.45, 2.75) is 13.0 Å². The largest absolute Gasteiger partial charge is 0.324 e.